The number of aliphatic imine (C=N–C) groups is 1. The molecule has 0 atom stereocenters. The van der Waals surface area contributed by atoms with Crippen LogP contribution in [0.15, 0.2) is 59.6 Å². The van der Waals surface area contributed by atoms with Gasteiger partial charge in [0.15, 0.2) is 5.96 Å². The van der Waals surface area contributed by atoms with Crippen molar-refractivity contribution in [3.05, 3.63) is 65.7 Å². The third kappa shape index (κ3) is 5.53. The van der Waals surface area contributed by atoms with Crippen molar-refractivity contribution in [2.75, 3.05) is 34.3 Å². The Morgan fingerprint density at radius 3 is 2.33 bits per heavy atom. The molecule has 0 spiro atoms. The van der Waals surface area contributed by atoms with Crippen LogP contribution in [0.25, 0.3) is 0 Å². The minimum atomic E-state index is 0.00960. The van der Waals surface area contributed by atoms with Gasteiger partial charge in [0.1, 0.15) is 5.75 Å². The maximum atomic E-state index is 12.0. The van der Waals surface area contributed by atoms with Crippen LogP contribution < -0.4 is 15.4 Å². The van der Waals surface area contributed by atoms with Crippen LogP contribution in [0.3, 0.4) is 0 Å². The smallest absolute Gasteiger partial charge is 0.241 e. The van der Waals surface area contributed by atoms with Gasteiger partial charge in [-0.2, -0.15) is 0 Å². The molecule has 0 aromatic heterocycles. The van der Waals surface area contributed by atoms with Crippen molar-refractivity contribution < 1.29 is 9.53 Å². The molecule has 2 N–H and O–H groups in total. The van der Waals surface area contributed by atoms with Gasteiger partial charge >= 0.3 is 0 Å². The predicted molar refractivity (Wildman–Crippen MR) is 121 cm³/mol. The summed E-state index contributed by atoms with van der Waals surface area (Å²) < 4.78 is 5.22. The zero-order valence-corrected chi connectivity index (χ0v) is 18.1. The van der Waals surface area contributed by atoms with E-state index in [4.69, 9.17) is 9.73 Å². The summed E-state index contributed by atoms with van der Waals surface area (Å²) in [6.45, 7) is 1.52. The highest BCUT2D eigenvalue weighted by Crippen LogP contribution is 2.43. The Bertz CT molecular complexity index is 843. The molecular weight excluding hydrogens is 376 g/mol. The molecule has 1 amide bonds. The Morgan fingerprint density at radius 1 is 1.07 bits per heavy atom. The highest BCUT2D eigenvalue weighted by molar-refractivity contribution is 5.86. The molecule has 30 heavy (non-hydrogen) atoms. The van der Waals surface area contributed by atoms with Crippen LogP contribution in [-0.2, 0) is 16.8 Å². The first-order valence-corrected chi connectivity index (χ1v) is 10.4. The van der Waals surface area contributed by atoms with Crippen molar-refractivity contribution in [3.63, 3.8) is 0 Å². The van der Waals surface area contributed by atoms with Crippen LogP contribution in [0.2, 0.25) is 0 Å². The van der Waals surface area contributed by atoms with Gasteiger partial charge in [0, 0.05) is 26.1 Å². The monoisotopic (exact) mass is 408 g/mol. The van der Waals surface area contributed by atoms with Crippen molar-refractivity contribution >= 4 is 11.9 Å². The summed E-state index contributed by atoms with van der Waals surface area (Å²) in [6, 6.07) is 18.5. The lowest BCUT2D eigenvalue weighted by Crippen LogP contribution is -2.50. The summed E-state index contributed by atoms with van der Waals surface area (Å²) in [5.41, 5.74) is 2.58. The van der Waals surface area contributed by atoms with E-state index in [9.17, 15) is 4.79 Å². The van der Waals surface area contributed by atoms with Crippen molar-refractivity contribution in [2.45, 2.75) is 31.2 Å². The number of benzene rings is 2. The first-order chi connectivity index (χ1) is 14.5. The fraction of sp³-hybridized carbons (Fsp3) is 0.417. The molecule has 0 heterocycles. The molecule has 1 aliphatic rings. The SMILES string of the molecule is COc1ccc(CN=C(NCC(=O)N(C)C)NCC2(c3ccccc3)CCC2)cc1. The molecule has 1 saturated carbocycles. The summed E-state index contributed by atoms with van der Waals surface area (Å²) in [5, 5.41) is 6.68. The number of amides is 1. The molecule has 160 valence electrons. The van der Waals surface area contributed by atoms with Crippen LogP contribution in [0.4, 0.5) is 0 Å². The summed E-state index contributed by atoms with van der Waals surface area (Å²) in [6.07, 6.45) is 3.56. The average molecular weight is 409 g/mol. The predicted octanol–water partition coefficient (Wildman–Crippen LogP) is 2.94. The molecule has 3 rings (SSSR count). The lowest BCUT2D eigenvalue weighted by atomic mass is 9.64. The van der Waals surface area contributed by atoms with Crippen molar-refractivity contribution in [3.8, 4) is 5.75 Å². The van der Waals surface area contributed by atoms with E-state index < -0.39 is 0 Å². The van der Waals surface area contributed by atoms with Crippen molar-refractivity contribution in [1.82, 2.24) is 15.5 Å². The largest absolute Gasteiger partial charge is 0.497 e. The molecule has 0 saturated heterocycles. The Morgan fingerprint density at radius 2 is 1.77 bits per heavy atom. The number of rotatable bonds is 8. The quantitative estimate of drug-likeness (QED) is 0.521. The number of carbonyl (C=O) groups is 1. The molecular formula is C24H32N4O2. The lowest BCUT2D eigenvalue weighted by molar-refractivity contribution is -0.127. The minimum Gasteiger partial charge on any atom is -0.497 e. The molecule has 6 nitrogen and oxygen atoms in total. The molecule has 2 aromatic carbocycles. The molecule has 6 heteroatoms. The fourth-order valence-corrected chi connectivity index (χ4v) is 3.61. The first kappa shape index (κ1) is 21.7. The Labute approximate surface area is 179 Å². The van der Waals surface area contributed by atoms with E-state index in [1.54, 1.807) is 26.1 Å². The number of nitrogens with one attached hydrogen (secondary N) is 2. The number of methoxy groups -OCH3 is 1. The molecule has 2 aromatic rings. The molecule has 1 aliphatic carbocycles. The maximum absolute atomic E-state index is 12.0. The van der Waals surface area contributed by atoms with Crippen LogP contribution in [0, 0.1) is 0 Å². The fourth-order valence-electron chi connectivity index (χ4n) is 3.61. The standard InChI is InChI=1S/C24H32N4O2/c1-28(2)22(29)17-26-23(25-16-19-10-12-21(30-3)13-11-19)27-18-24(14-7-15-24)20-8-5-4-6-9-20/h4-6,8-13H,7,14-18H2,1-3H3,(H2,25,26,27). The van der Waals surface area contributed by atoms with E-state index in [0.29, 0.717) is 12.5 Å². The molecule has 0 aliphatic heterocycles. The van der Waals surface area contributed by atoms with E-state index in [2.05, 4.69) is 41.0 Å². The third-order valence-corrected chi connectivity index (χ3v) is 5.78. The van der Waals surface area contributed by atoms with Crippen molar-refractivity contribution in [1.29, 1.82) is 0 Å². The highest BCUT2D eigenvalue weighted by Gasteiger charge is 2.38. The molecule has 0 radical (unpaired) electrons. The van der Waals surface area contributed by atoms with Gasteiger partial charge < -0.3 is 20.3 Å². The molecule has 0 unspecified atom stereocenters. The second kappa shape index (κ2) is 10.1. The van der Waals surface area contributed by atoms with Crippen molar-refractivity contribution in [2.24, 2.45) is 4.99 Å². The Balaban J connectivity index is 1.69. The van der Waals surface area contributed by atoms with E-state index in [1.165, 1.54) is 12.0 Å². The minimum absolute atomic E-state index is 0.00960. The molecule has 1 fully saturated rings. The third-order valence-electron chi connectivity index (χ3n) is 5.78. The van der Waals surface area contributed by atoms with E-state index >= 15 is 0 Å². The van der Waals surface area contributed by atoms with E-state index in [0.717, 1.165) is 30.7 Å². The van der Waals surface area contributed by atoms with Crippen LogP contribution in [0.1, 0.15) is 30.4 Å². The van der Waals surface area contributed by atoms with Gasteiger partial charge in [-0.3, -0.25) is 4.79 Å². The van der Waals surface area contributed by atoms with Crippen LogP contribution >= 0.6 is 0 Å². The Hall–Kier alpha value is -3.02. The second-order valence-corrected chi connectivity index (χ2v) is 8.01. The number of nitrogens with zero attached hydrogens (tertiary/aromatic N) is 2. The van der Waals surface area contributed by atoms with E-state index in [-0.39, 0.29) is 17.9 Å². The van der Waals surface area contributed by atoms with Gasteiger partial charge in [0.2, 0.25) is 5.91 Å². The number of hydrogen-bond donors (Lipinski definition) is 2. The summed E-state index contributed by atoms with van der Waals surface area (Å²) in [7, 11) is 5.17. The highest BCUT2D eigenvalue weighted by atomic mass is 16.5. The van der Waals surface area contributed by atoms with Gasteiger partial charge in [-0.25, -0.2) is 4.99 Å². The van der Waals surface area contributed by atoms with Gasteiger partial charge in [-0.1, -0.05) is 48.9 Å². The van der Waals surface area contributed by atoms with Crippen LogP contribution in [0.5, 0.6) is 5.75 Å². The number of ether oxygens (including phenoxy) is 1. The zero-order chi connectivity index (χ0) is 21.4. The number of carbonyl (C=O) groups excluding carboxylic acids is 1. The summed E-state index contributed by atoms with van der Waals surface area (Å²) >= 11 is 0. The van der Waals surface area contributed by atoms with Crippen LogP contribution in [-0.4, -0.2) is 51.1 Å². The van der Waals surface area contributed by atoms with Gasteiger partial charge in [0.05, 0.1) is 20.2 Å². The zero-order valence-electron chi connectivity index (χ0n) is 18.1. The van der Waals surface area contributed by atoms with Gasteiger partial charge in [-0.15, -0.1) is 0 Å². The normalized spacial score (nSPS) is 15.1. The molecule has 0 bridgehead atoms. The number of hydrogen-bond acceptors (Lipinski definition) is 3. The summed E-state index contributed by atoms with van der Waals surface area (Å²) in [4.78, 5) is 18.3. The lowest BCUT2D eigenvalue weighted by Gasteiger charge is -2.43. The topological polar surface area (TPSA) is 66.0 Å². The Kier molecular flexibility index (Phi) is 7.33. The second-order valence-electron chi connectivity index (χ2n) is 8.01. The number of likely N-dealkylation sites (N-methyl/N-ethyl adjacent to an activating group) is 1. The summed E-state index contributed by atoms with van der Waals surface area (Å²) in [5.74, 6) is 1.49. The maximum Gasteiger partial charge on any atom is 0.241 e. The van der Waals surface area contributed by atoms with E-state index in [1.807, 2.05) is 24.3 Å². The van der Waals surface area contributed by atoms with Gasteiger partial charge in [0.25, 0.3) is 0 Å². The first-order valence-electron chi connectivity index (χ1n) is 10.4. The average Bonchev–Trinajstić information content (AvgIpc) is 2.75. The van der Waals surface area contributed by atoms with Gasteiger partial charge in [-0.05, 0) is 36.1 Å². The number of guanidine groups is 1.